The van der Waals surface area contributed by atoms with Crippen molar-refractivity contribution < 1.29 is 14.3 Å². The molecule has 1 rings (SSSR count). The van der Waals surface area contributed by atoms with Gasteiger partial charge in [-0.2, -0.15) is 0 Å². The van der Waals surface area contributed by atoms with E-state index in [1.54, 1.807) is 7.11 Å². The number of hydrogen-bond donors (Lipinski definition) is 1. The van der Waals surface area contributed by atoms with E-state index in [1.807, 2.05) is 12.1 Å². The van der Waals surface area contributed by atoms with Gasteiger partial charge in [-0.05, 0) is 37.9 Å². The number of aryl methyl sites for hydroxylation is 1. The van der Waals surface area contributed by atoms with Crippen LogP contribution in [0.2, 0.25) is 0 Å². The van der Waals surface area contributed by atoms with Crippen molar-refractivity contribution >= 4 is 5.97 Å². The van der Waals surface area contributed by atoms with Crippen LogP contribution in [-0.2, 0) is 16.0 Å². The molecule has 4 nitrogen and oxygen atoms in total. The van der Waals surface area contributed by atoms with Gasteiger partial charge in [0, 0.05) is 6.04 Å². The quantitative estimate of drug-likeness (QED) is 0.562. The lowest BCUT2D eigenvalue weighted by Gasteiger charge is -2.19. The average molecular weight is 293 g/mol. The summed E-state index contributed by atoms with van der Waals surface area (Å²) in [6.45, 7) is 5.12. The molecule has 0 radical (unpaired) electrons. The molecule has 0 spiro atoms. The highest BCUT2D eigenvalue weighted by Crippen LogP contribution is 2.22. The van der Waals surface area contributed by atoms with Gasteiger partial charge in [-0.1, -0.05) is 31.0 Å². The molecule has 118 valence electrons. The van der Waals surface area contributed by atoms with Crippen LogP contribution in [0, 0.1) is 6.92 Å². The summed E-state index contributed by atoms with van der Waals surface area (Å²) >= 11 is 0. The summed E-state index contributed by atoms with van der Waals surface area (Å²) in [6, 6.07) is 6.19. The second kappa shape index (κ2) is 9.40. The Morgan fingerprint density at radius 3 is 2.71 bits per heavy atom. The third-order valence-corrected chi connectivity index (χ3v) is 3.51. The Balaban J connectivity index is 2.78. The third-order valence-electron chi connectivity index (χ3n) is 3.51. The number of unbranched alkanes of at least 4 members (excludes halogenated alkanes) is 1. The summed E-state index contributed by atoms with van der Waals surface area (Å²) in [6.07, 6.45) is 3.36. The fourth-order valence-electron chi connectivity index (χ4n) is 2.32. The molecule has 0 amide bonds. The van der Waals surface area contributed by atoms with Crippen LogP contribution in [0.1, 0.15) is 37.3 Å². The lowest BCUT2D eigenvalue weighted by Crippen LogP contribution is -2.34. The van der Waals surface area contributed by atoms with Crippen LogP contribution in [0.4, 0.5) is 0 Å². The van der Waals surface area contributed by atoms with Crippen LogP contribution in [0.15, 0.2) is 18.2 Å². The van der Waals surface area contributed by atoms with Crippen molar-refractivity contribution in [3.63, 3.8) is 0 Å². The summed E-state index contributed by atoms with van der Waals surface area (Å²) in [5.41, 5.74) is 2.31. The second-order valence-corrected chi connectivity index (χ2v) is 5.30. The maximum Gasteiger partial charge on any atom is 0.307 e. The fourth-order valence-corrected chi connectivity index (χ4v) is 2.32. The number of carbonyl (C=O) groups excluding carboxylic acids is 1. The van der Waals surface area contributed by atoms with Gasteiger partial charge in [0.05, 0.1) is 20.6 Å². The number of rotatable bonds is 9. The van der Waals surface area contributed by atoms with E-state index in [4.69, 9.17) is 9.47 Å². The van der Waals surface area contributed by atoms with E-state index >= 15 is 0 Å². The standard InChI is InChI=1S/C17H27NO3/c1-5-6-9-18-15(12-17(19)21-4)11-14-10-13(2)7-8-16(14)20-3/h7-8,10,15,18H,5-6,9,11-12H2,1-4H3. The molecule has 4 heteroatoms. The minimum absolute atomic E-state index is 0.0692. The summed E-state index contributed by atoms with van der Waals surface area (Å²) < 4.78 is 10.2. The zero-order valence-electron chi connectivity index (χ0n) is 13.6. The van der Waals surface area contributed by atoms with Crippen LogP contribution in [0.5, 0.6) is 5.75 Å². The molecule has 0 aromatic heterocycles. The smallest absolute Gasteiger partial charge is 0.307 e. The highest BCUT2D eigenvalue weighted by Gasteiger charge is 2.16. The minimum Gasteiger partial charge on any atom is -0.496 e. The van der Waals surface area contributed by atoms with E-state index in [1.165, 1.54) is 12.7 Å². The van der Waals surface area contributed by atoms with Crippen LogP contribution in [0.3, 0.4) is 0 Å². The highest BCUT2D eigenvalue weighted by molar-refractivity contribution is 5.70. The molecular formula is C17H27NO3. The summed E-state index contributed by atoms with van der Waals surface area (Å²) in [5, 5.41) is 3.45. The van der Waals surface area contributed by atoms with Gasteiger partial charge in [0.2, 0.25) is 0 Å². The summed E-state index contributed by atoms with van der Waals surface area (Å²) in [4.78, 5) is 11.6. The number of esters is 1. The molecule has 0 saturated carbocycles. The molecule has 0 heterocycles. The number of methoxy groups -OCH3 is 2. The minimum atomic E-state index is -0.185. The second-order valence-electron chi connectivity index (χ2n) is 5.30. The average Bonchev–Trinajstić information content (AvgIpc) is 2.47. The van der Waals surface area contributed by atoms with Crippen molar-refractivity contribution in [2.45, 2.75) is 45.6 Å². The van der Waals surface area contributed by atoms with E-state index in [2.05, 4.69) is 25.2 Å². The largest absolute Gasteiger partial charge is 0.496 e. The zero-order valence-corrected chi connectivity index (χ0v) is 13.6. The number of ether oxygens (including phenoxy) is 2. The van der Waals surface area contributed by atoms with Crippen molar-refractivity contribution in [3.8, 4) is 5.75 Å². The first-order valence-corrected chi connectivity index (χ1v) is 7.54. The predicted molar refractivity (Wildman–Crippen MR) is 84.8 cm³/mol. The van der Waals surface area contributed by atoms with Crippen molar-refractivity contribution in [2.24, 2.45) is 0 Å². The van der Waals surface area contributed by atoms with Gasteiger partial charge >= 0.3 is 5.97 Å². The number of benzene rings is 1. The molecule has 1 unspecified atom stereocenters. The molecule has 1 aromatic rings. The van der Waals surface area contributed by atoms with Crippen LogP contribution >= 0.6 is 0 Å². The lowest BCUT2D eigenvalue weighted by molar-refractivity contribution is -0.141. The molecule has 0 aliphatic carbocycles. The molecule has 1 N–H and O–H groups in total. The van der Waals surface area contributed by atoms with Crippen LogP contribution in [-0.4, -0.2) is 32.8 Å². The first-order chi connectivity index (χ1) is 10.1. The van der Waals surface area contributed by atoms with Crippen molar-refractivity contribution in [1.29, 1.82) is 0 Å². The van der Waals surface area contributed by atoms with Crippen molar-refractivity contribution in [2.75, 3.05) is 20.8 Å². The Bertz CT molecular complexity index is 446. The third kappa shape index (κ3) is 6.17. The number of nitrogens with one attached hydrogen (secondary N) is 1. The molecule has 0 bridgehead atoms. The Hall–Kier alpha value is -1.55. The van der Waals surface area contributed by atoms with Gasteiger partial charge in [-0.3, -0.25) is 4.79 Å². The lowest BCUT2D eigenvalue weighted by atomic mass is 10.0. The Morgan fingerprint density at radius 1 is 1.33 bits per heavy atom. The maximum absolute atomic E-state index is 11.6. The molecule has 0 aliphatic heterocycles. The molecule has 0 saturated heterocycles. The Kier molecular flexibility index (Phi) is 7.83. The zero-order chi connectivity index (χ0) is 15.7. The normalized spacial score (nSPS) is 12.0. The van der Waals surface area contributed by atoms with Gasteiger partial charge in [0.1, 0.15) is 5.75 Å². The molecule has 0 aliphatic rings. The molecule has 0 fully saturated rings. The van der Waals surface area contributed by atoms with E-state index in [9.17, 15) is 4.79 Å². The monoisotopic (exact) mass is 293 g/mol. The van der Waals surface area contributed by atoms with Crippen molar-refractivity contribution in [3.05, 3.63) is 29.3 Å². The van der Waals surface area contributed by atoms with Crippen LogP contribution < -0.4 is 10.1 Å². The van der Waals surface area contributed by atoms with Gasteiger partial charge in [0.15, 0.2) is 0 Å². The van der Waals surface area contributed by atoms with E-state index in [0.717, 1.165) is 37.1 Å². The summed E-state index contributed by atoms with van der Waals surface area (Å²) in [7, 11) is 3.10. The first-order valence-electron chi connectivity index (χ1n) is 7.54. The van der Waals surface area contributed by atoms with Gasteiger partial charge < -0.3 is 14.8 Å². The van der Waals surface area contributed by atoms with Crippen molar-refractivity contribution in [1.82, 2.24) is 5.32 Å². The number of hydrogen-bond acceptors (Lipinski definition) is 4. The van der Waals surface area contributed by atoms with Gasteiger partial charge in [0.25, 0.3) is 0 Å². The fraction of sp³-hybridized carbons (Fsp3) is 0.588. The Labute approximate surface area is 127 Å². The van der Waals surface area contributed by atoms with Gasteiger partial charge in [-0.15, -0.1) is 0 Å². The molecular weight excluding hydrogens is 266 g/mol. The topological polar surface area (TPSA) is 47.6 Å². The maximum atomic E-state index is 11.6. The van der Waals surface area contributed by atoms with E-state index < -0.39 is 0 Å². The first kappa shape index (κ1) is 17.5. The van der Waals surface area contributed by atoms with Gasteiger partial charge in [-0.25, -0.2) is 0 Å². The summed E-state index contributed by atoms with van der Waals surface area (Å²) in [5.74, 6) is 0.684. The predicted octanol–water partition coefficient (Wildman–Crippen LogP) is 2.87. The molecule has 1 aromatic carbocycles. The Morgan fingerprint density at radius 2 is 2.10 bits per heavy atom. The highest BCUT2D eigenvalue weighted by atomic mass is 16.5. The molecule has 21 heavy (non-hydrogen) atoms. The van der Waals surface area contributed by atoms with Crippen LogP contribution in [0.25, 0.3) is 0 Å². The SMILES string of the molecule is CCCCNC(CC(=O)OC)Cc1cc(C)ccc1OC. The number of carbonyl (C=O) groups is 1. The van der Waals surface area contributed by atoms with E-state index in [0.29, 0.717) is 6.42 Å². The molecule has 1 atom stereocenters. The van der Waals surface area contributed by atoms with E-state index in [-0.39, 0.29) is 12.0 Å².